The van der Waals surface area contributed by atoms with Crippen molar-refractivity contribution in [2.45, 2.75) is 0 Å². The second-order valence-corrected chi connectivity index (χ2v) is 3.31. The minimum atomic E-state index is -3.35. The zero-order chi connectivity index (χ0) is 8.04. The van der Waals surface area contributed by atoms with E-state index in [1.54, 1.807) is 0 Å². The van der Waals surface area contributed by atoms with Crippen molar-refractivity contribution in [1.29, 1.82) is 0 Å². The number of nitrogens with one attached hydrogen (secondary N) is 1. The van der Waals surface area contributed by atoms with Gasteiger partial charge >= 0.3 is 7.44 Å². The summed E-state index contributed by atoms with van der Waals surface area (Å²) in [4.78, 5) is 19.3. The van der Waals surface area contributed by atoms with Gasteiger partial charge in [0.05, 0.1) is 0 Å². The molecule has 0 aliphatic rings. The second-order valence-electron chi connectivity index (χ2n) is 1.24. The van der Waals surface area contributed by atoms with Crippen LogP contribution in [0, 0.1) is 0 Å². The van der Waals surface area contributed by atoms with E-state index in [9.17, 15) is 14.2 Å². The molecular formula is C4H5N2O3P. The summed E-state index contributed by atoms with van der Waals surface area (Å²) in [6.45, 7) is 3.11. The van der Waals surface area contributed by atoms with E-state index < -0.39 is 7.44 Å². The lowest BCUT2D eigenvalue weighted by Gasteiger charge is -2.00. The van der Waals surface area contributed by atoms with Gasteiger partial charge in [0, 0.05) is 5.82 Å². The van der Waals surface area contributed by atoms with Crippen molar-refractivity contribution in [1.82, 2.24) is 5.09 Å². The number of amides is 1. The average Bonchev–Trinajstić information content (AvgIpc) is 1.89. The van der Waals surface area contributed by atoms with E-state index in [1.165, 1.54) is 0 Å². The molecule has 0 aromatic carbocycles. The van der Waals surface area contributed by atoms with Gasteiger partial charge in [0.2, 0.25) is 12.5 Å². The first-order valence-electron chi connectivity index (χ1n) is 2.22. The van der Waals surface area contributed by atoms with Crippen LogP contribution in [0.5, 0.6) is 0 Å². The Bertz CT molecular complexity index is 231. The summed E-state index contributed by atoms with van der Waals surface area (Å²) in [6.07, 6.45) is 1.25. The number of rotatable bonds is 4. The summed E-state index contributed by atoms with van der Waals surface area (Å²) < 4.78 is 13.7. The predicted octanol–water partition coefficient (Wildman–Crippen LogP) is 0.405. The Balaban J connectivity index is 4.53. The predicted molar refractivity (Wildman–Crippen MR) is 35.1 cm³/mol. The SMILES string of the molecule is C=CP(=O)(N=C=O)NC=O. The molecule has 6 heteroatoms. The van der Waals surface area contributed by atoms with Gasteiger partial charge in [-0.3, -0.25) is 14.4 Å². The van der Waals surface area contributed by atoms with Gasteiger partial charge in [0.25, 0.3) is 0 Å². The van der Waals surface area contributed by atoms with Crippen LogP contribution < -0.4 is 5.09 Å². The topological polar surface area (TPSA) is 75.6 Å². The molecule has 1 amide bonds. The number of hydrogen-bond acceptors (Lipinski definition) is 3. The highest BCUT2D eigenvalue weighted by molar-refractivity contribution is 7.64. The van der Waals surface area contributed by atoms with Crippen molar-refractivity contribution in [3.8, 4) is 0 Å². The fourth-order valence-corrected chi connectivity index (χ4v) is 0.776. The fourth-order valence-electron chi connectivity index (χ4n) is 0.259. The average molecular weight is 160 g/mol. The third-order valence-electron chi connectivity index (χ3n) is 0.675. The summed E-state index contributed by atoms with van der Waals surface area (Å²) in [5, 5.41) is 1.84. The molecule has 0 aliphatic carbocycles. The van der Waals surface area contributed by atoms with Gasteiger partial charge in [-0.05, 0) is 0 Å². The van der Waals surface area contributed by atoms with Gasteiger partial charge < -0.3 is 0 Å². The standard InChI is InChI=1S/C4H5N2O3P/c1-2-10(9,5-3-7)6-4-8/h2-3H,1H2,(H,5,7,9). The van der Waals surface area contributed by atoms with E-state index >= 15 is 0 Å². The number of hydrogen-bond donors (Lipinski definition) is 1. The Labute approximate surface area is 57.3 Å². The maximum Gasteiger partial charge on any atom is 0.312 e. The van der Waals surface area contributed by atoms with E-state index in [2.05, 4.69) is 11.3 Å². The molecule has 0 fully saturated rings. The number of carbonyl (C=O) groups is 1. The summed E-state index contributed by atoms with van der Waals surface area (Å²) >= 11 is 0. The van der Waals surface area contributed by atoms with Crippen molar-refractivity contribution in [3.05, 3.63) is 12.4 Å². The van der Waals surface area contributed by atoms with Crippen LogP contribution in [0.3, 0.4) is 0 Å². The minimum absolute atomic E-state index is 0.184. The zero-order valence-electron chi connectivity index (χ0n) is 4.98. The molecular weight excluding hydrogens is 155 g/mol. The van der Waals surface area contributed by atoms with Gasteiger partial charge in [-0.15, -0.1) is 4.76 Å². The third kappa shape index (κ3) is 2.40. The molecule has 0 bridgehead atoms. The van der Waals surface area contributed by atoms with Crippen molar-refractivity contribution < 1.29 is 14.2 Å². The molecule has 0 spiro atoms. The maximum absolute atomic E-state index is 10.9. The lowest BCUT2D eigenvalue weighted by Crippen LogP contribution is -2.02. The van der Waals surface area contributed by atoms with E-state index in [1.807, 2.05) is 5.09 Å². The molecule has 0 saturated carbocycles. The Morgan fingerprint density at radius 2 is 2.30 bits per heavy atom. The lowest BCUT2D eigenvalue weighted by atomic mass is 11.3. The van der Waals surface area contributed by atoms with Crippen LogP contribution in [0.15, 0.2) is 17.2 Å². The lowest BCUT2D eigenvalue weighted by molar-refractivity contribution is -0.108. The molecule has 1 unspecified atom stereocenters. The molecule has 0 saturated heterocycles. The molecule has 1 N–H and O–H groups in total. The summed E-state index contributed by atoms with van der Waals surface area (Å²) in [7, 11) is -3.35. The molecule has 54 valence electrons. The van der Waals surface area contributed by atoms with Gasteiger partial charge in [0.1, 0.15) is 0 Å². The highest BCUT2D eigenvalue weighted by Crippen LogP contribution is 2.41. The van der Waals surface area contributed by atoms with Gasteiger partial charge in [-0.25, -0.2) is 4.79 Å². The molecule has 0 aliphatic heterocycles. The fraction of sp³-hybridized carbons (Fsp3) is 0. The maximum atomic E-state index is 10.9. The third-order valence-corrected chi connectivity index (χ3v) is 2.02. The molecule has 0 heterocycles. The first-order chi connectivity index (χ1) is 4.68. The Morgan fingerprint density at radius 3 is 2.60 bits per heavy atom. The summed E-state index contributed by atoms with van der Waals surface area (Å²) in [5.41, 5.74) is 0. The Hall–Kier alpha value is -1.18. The Kier molecular flexibility index (Phi) is 3.33. The van der Waals surface area contributed by atoms with Crippen molar-refractivity contribution in [2.24, 2.45) is 4.76 Å². The molecule has 1 atom stereocenters. The molecule has 0 aromatic heterocycles. The van der Waals surface area contributed by atoms with Crippen LogP contribution in [-0.2, 0) is 14.2 Å². The number of carbonyl (C=O) groups excluding carboxylic acids is 2. The second kappa shape index (κ2) is 3.77. The largest absolute Gasteiger partial charge is 0.312 e. The summed E-state index contributed by atoms with van der Waals surface area (Å²) in [6, 6.07) is 0. The van der Waals surface area contributed by atoms with E-state index in [-0.39, 0.29) is 6.41 Å². The first-order valence-corrected chi connectivity index (χ1v) is 3.95. The van der Waals surface area contributed by atoms with Crippen LogP contribution in [-0.4, -0.2) is 12.5 Å². The monoisotopic (exact) mass is 160 g/mol. The first kappa shape index (κ1) is 8.82. The molecule has 0 radical (unpaired) electrons. The molecule has 0 aromatic rings. The van der Waals surface area contributed by atoms with E-state index in [4.69, 9.17) is 0 Å². The number of isocyanates is 1. The molecule has 0 rings (SSSR count). The highest BCUT2D eigenvalue weighted by atomic mass is 31.2. The van der Waals surface area contributed by atoms with Crippen molar-refractivity contribution in [3.63, 3.8) is 0 Å². The Morgan fingerprint density at radius 1 is 1.70 bits per heavy atom. The van der Waals surface area contributed by atoms with Gasteiger partial charge in [-0.1, -0.05) is 6.58 Å². The van der Waals surface area contributed by atoms with Gasteiger partial charge in [-0.2, -0.15) is 0 Å². The minimum Gasteiger partial charge on any atom is -0.288 e. The van der Waals surface area contributed by atoms with Crippen LogP contribution >= 0.6 is 7.44 Å². The van der Waals surface area contributed by atoms with Crippen LogP contribution in [0.1, 0.15) is 0 Å². The molecule has 10 heavy (non-hydrogen) atoms. The van der Waals surface area contributed by atoms with E-state index in [0.717, 1.165) is 11.9 Å². The van der Waals surface area contributed by atoms with Crippen LogP contribution in [0.4, 0.5) is 0 Å². The zero-order valence-corrected chi connectivity index (χ0v) is 5.88. The quantitative estimate of drug-likeness (QED) is 0.280. The van der Waals surface area contributed by atoms with Gasteiger partial charge in [0.15, 0.2) is 0 Å². The van der Waals surface area contributed by atoms with Crippen molar-refractivity contribution in [2.75, 3.05) is 0 Å². The highest BCUT2D eigenvalue weighted by Gasteiger charge is 2.12. The number of nitrogens with zero attached hydrogens (tertiary/aromatic N) is 1. The normalized spacial score (nSPS) is 14.0. The molecule has 5 nitrogen and oxygen atoms in total. The van der Waals surface area contributed by atoms with E-state index in [0.29, 0.717) is 0 Å². The van der Waals surface area contributed by atoms with Crippen LogP contribution in [0.25, 0.3) is 0 Å². The van der Waals surface area contributed by atoms with Crippen LogP contribution in [0.2, 0.25) is 0 Å². The van der Waals surface area contributed by atoms with Crippen molar-refractivity contribution >= 4 is 19.9 Å². The summed E-state index contributed by atoms with van der Waals surface area (Å²) in [5.74, 6) is 0.895. The smallest absolute Gasteiger partial charge is 0.288 e.